The number of carbonyl (C=O) groups is 2. The van der Waals surface area contributed by atoms with Crippen LogP contribution in [0.3, 0.4) is 0 Å². The maximum absolute atomic E-state index is 12.3. The Morgan fingerprint density at radius 1 is 1.14 bits per heavy atom. The fourth-order valence-electron chi connectivity index (χ4n) is 2.63. The molecular weight excluding hydrogens is 388 g/mol. The first-order chi connectivity index (χ1) is 13.3. The molecule has 2 heterocycles. The summed E-state index contributed by atoms with van der Waals surface area (Å²) in [7, 11) is -0.526. The van der Waals surface area contributed by atoms with Crippen LogP contribution >= 0.6 is 0 Å². The molecule has 28 heavy (non-hydrogen) atoms. The molecule has 3 rings (SSSR count). The summed E-state index contributed by atoms with van der Waals surface area (Å²) < 4.78 is 42.0. The van der Waals surface area contributed by atoms with Crippen LogP contribution in [-0.2, 0) is 19.6 Å². The minimum atomic E-state index is -3.47. The summed E-state index contributed by atoms with van der Waals surface area (Å²) in [6, 6.07) is 4.64. The predicted octanol–water partition coefficient (Wildman–Crippen LogP) is 0.927. The monoisotopic (exact) mass is 406 g/mol. The molecule has 0 bridgehead atoms. The van der Waals surface area contributed by atoms with Crippen molar-refractivity contribution in [2.45, 2.75) is 0 Å². The molecule has 0 aliphatic carbocycles. The van der Waals surface area contributed by atoms with Crippen LogP contribution in [0.5, 0.6) is 11.5 Å². The third-order valence-electron chi connectivity index (χ3n) is 4.10. The second-order valence-electron chi connectivity index (χ2n) is 5.92. The van der Waals surface area contributed by atoms with Crippen LogP contribution in [0.4, 0.5) is 0 Å². The molecular formula is C18H18N2O7S. The molecule has 0 spiro atoms. The zero-order valence-electron chi connectivity index (χ0n) is 15.2. The van der Waals surface area contributed by atoms with Crippen LogP contribution in [0.1, 0.15) is 10.4 Å². The van der Waals surface area contributed by atoms with Crippen molar-refractivity contribution < 1.29 is 32.2 Å². The van der Waals surface area contributed by atoms with Crippen LogP contribution in [0.25, 0.3) is 0 Å². The minimum Gasteiger partial charge on any atom is -0.493 e. The summed E-state index contributed by atoms with van der Waals surface area (Å²) in [5.74, 6) is -0.122. The zero-order chi connectivity index (χ0) is 20.3. The Morgan fingerprint density at radius 2 is 1.89 bits per heavy atom. The second kappa shape index (κ2) is 7.85. The molecule has 1 aromatic carbocycles. The van der Waals surface area contributed by atoms with Gasteiger partial charge in [0.25, 0.3) is 10.0 Å². The topological polar surface area (TPSA) is 112 Å². The number of hydrogen-bond acceptors (Lipinski definition) is 8. The highest BCUT2D eigenvalue weighted by molar-refractivity contribution is 7.90. The largest absolute Gasteiger partial charge is 0.493 e. The van der Waals surface area contributed by atoms with E-state index >= 15 is 0 Å². The predicted molar refractivity (Wildman–Crippen MR) is 100.0 cm³/mol. The van der Waals surface area contributed by atoms with Gasteiger partial charge >= 0.3 is 5.97 Å². The molecule has 2 aliphatic heterocycles. The number of benzene rings is 1. The first-order valence-electron chi connectivity index (χ1n) is 8.24. The van der Waals surface area contributed by atoms with Crippen molar-refractivity contribution in [1.82, 2.24) is 4.90 Å². The van der Waals surface area contributed by atoms with Gasteiger partial charge in [-0.15, -0.1) is 4.40 Å². The molecule has 0 saturated heterocycles. The lowest BCUT2D eigenvalue weighted by Gasteiger charge is -2.26. The Hall–Kier alpha value is -3.14. The number of rotatable bonds is 6. The van der Waals surface area contributed by atoms with Gasteiger partial charge in [0.15, 0.2) is 23.9 Å². The van der Waals surface area contributed by atoms with Crippen molar-refractivity contribution in [3.05, 3.63) is 47.7 Å². The second-order valence-corrected chi connectivity index (χ2v) is 7.67. The van der Waals surface area contributed by atoms with Gasteiger partial charge in [-0.05, 0) is 30.4 Å². The number of methoxy groups -OCH3 is 2. The van der Waals surface area contributed by atoms with E-state index in [0.29, 0.717) is 17.1 Å². The Labute approximate surface area is 161 Å². The number of esters is 1. The van der Waals surface area contributed by atoms with Crippen LogP contribution in [0.2, 0.25) is 0 Å². The number of sulfonamides is 1. The summed E-state index contributed by atoms with van der Waals surface area (Å²) >= 11 is 0. The number of Topliss-reactive ketones (excluding diaryl/α,β-unsaturated/α-hetero) is 1. The van der Waals surface area contributed by atoms with Crippen molar-refractivity contribution in [2.24, 2.45) is 4.40 Å². The first kappa shape index (κ1) is 19.6. The number of ether oxygens (including phenoxy) is 3. The first-order valence-corrected chi connectivity index (χ1v) is 9.85. The van der Waals surface area contributed by atoms with E-state index in [2.05, 4.69) is 4.40 Å². The number of nitrogens with zero attached hydrogens (tertiary/aromatic N) is 2. The summed E-state index contributed by atoms with van der Waals surface area (Å²) in [5, 5.41) is 0. The van der Waals surface area contributed by atoms with E-state index < -0.39 is 28.4 Å². The fraction of sp³-hybridized carbons (Fsp3) is 0.278. The summed E-state index contributed by atoms with van der Waals surface area (Å²) in [4.78, 5) is 26.1. The van der Waals surface area contributed by atoms with Gasteiger partial charge < -0.3 is 19.1 Å². The lowest BCUT2D eigenvalue weighted by Crippen LogP contribution is -2.37. The molecule has 10 heteroatoms. The Morgan fingerprint density at radius 3 is 2.61 bits per heavy atom. The molecule has 2 aliphatic rings. The van der Waals surface area contributed by atoms with E-state index in [4.69, 9.17) is 14.2 Å². The maximum Gasteiger partial charge on any atom is 0.340 e. The average Bonchev–Trinajstić information content (AvgIpc) is 2.70. The molecule has 0 unspecified atom stereocenters. The molecule has 0 amide bonds. The van der Waals surface area contributed by atoms with Gasteiger partial charge in [-0.3, -0.25) is 4.79 Å². The van der Waals surface area contributed by atoms with E-state index in [1.54, 1.807) is 17.0 Å². The summed E-state index contributed by atoms with van der Waals surface area (Å²) in [5.41, 5.74) is 0.507. The SMILES string of the molecule is COc1ccc(C(=O)COC(=O)C2=CN3CCS(=O)(=O)N=C3C=C2)cc1OC. The fourth-order valence-corrected chi connectivity index (χ4v) is 3.60. The standard InChI is InChI=1S/C18H18N2O7S/c1-25-15-5-3-12(9-16(15)26-2)14(21)11-27-18(22)13-4-6-17-19-28(23,24)8-7-20(17)10-13/h3-6,9-10H,7-8,11H2,1-2H3. The Bertz CT molecular complexity index is 1010. The van der Waals surface area contributed by atoms with Gasteiger partial charge in [-0.2, -0.15) is 0 Å². The van der Waals surface area contributed by atoms with Crippen LogP contribution in [0.15, 0.2) is 46.5 Å². The van der Waals surface area contributed by atoms with Crippen LogP contribution < -0.4 is 9.47 Å². The molecule has 9 nitrogen and oxygen atoms in total. The van der Waals surface area contributed by atoms with E-state index in [-0.39, 0.29) is 23.7 Å². The quantitative estimate of drug-likeness (QED) is 0.507. The van der Waals surface area contributed by atoms with Gasteiger partial charge in [-0.25, -0.2) is 13.2 Å². The third kappa shape index (κ3) is 4.22. The molecule has 0 saturated carbocycles. The molecule has 0 atom stereocenters. The average molecular weight is 406 g/mol. The van der Waals surface area contributed by atoms with E-state index in [9.17, 15) is 18.0 Å². The minimum absolute atomic E-state index is 0.138. The van der Waals surface area contributed by atoms with E-state index in [1.807, 2.05) is 0 Å². The zero-order valence-corrected chi connectivity index (χ0v) is 16.1. The number of carbonyl (C=O) groups excluding carboxylic acids is 2. The van der Waals surface area contributed by atoms with Gasteiger partial charge in [0.2, 0.25) is 0 Å². The van der Waals surface area contributed by atoms with Crippen molar-refractivity contribution in [3.63, 3.8) is 0 Å². The molecule has 0 radical (unpaired) electrons. The van der Waals surface area contributed by atoms with E-state index in [1.165, 1.54) is 38.6 Å². The lowest BCUT2D eigenvalue weighted by atomic mass is 10.1. The van der Waals surface area contributed by atoms with Gasteiger partial charge in [-0.1, -0.05) is 0 Å². The van der Waals surface area contributed by atoms with E-state index in [0.717, 1.165) is 0 Å². The smallest absolute Gasteiger partial charge is 0.340 e. The third-order valence-corrected chi connectivity index (χ3v) is 5.26. The van der Waals surface area contributed by atoms with Gasteiger partial charge in [0.05, 0.1) is 25.5 Å². The molecule has 1 aromatic rings. The van der Waals surface area contributed by atoms with Gasteiger partial charge in [0.1, 0.15) is 5.84 Å². The number of ketones is 1. The summed E-state index contributed by atoms with van der Waals surface area (Å²) in [6.07, 6.45) is 4.28. The number of hydrogen-bond donors (Lipinski definition) is 0. The van der Waals surface area contributed by atoms with Crippen molar-refractivity contribution in [2.75, 3.05) is 33.1 Å². The van der Waals surface area contributed by atoms with Crippen molar-refractivity contribution in [3.8, 4) is 11.5 Å². The highest BCUT2D eigenvalue weighted by Gasteiger charge is 2.25. The number of amidine groups is 1. The molecule has 0 N–H and O–H groups in total. The van der Waals surface area contributed by atoms with Crippen LogP contribution in [0, 0.1) is 0 Å². The number of fused-ring (bicyclic) bond motifs is 1. The highest BCUT2D eigenvalue weighted by atomic mass is 32.2. The molecule has 0 aromatic heterocycles. The maximum atomic E-state index is 12.3. The van der Waals surface area contributed by atoms with Crippen LogP contribution in [-0.4, -0.2) is 64.0 Å². The Kier molecular flexibility index (Phi) is 5.50. The lowest BCUT2D eigenvalue weighted by molar-refractivity contribution is -0.137. The normalized spacial score (nSPS) is 17.1. The van der Waals surface area contributed by atoms with Crippen molar-refractivity contribution in [1.29, 1.82) is 0 Å². The molecule has 0 fully saturated rings. The highest BCUT2D eigenvalue weighted by Crippen LogP contribution is 2.27. The summed E-state index contributed by atoms with van der Waals surface area (Å²) in [6.45, 7) is -0.262. The Balaban J connectivity index is 1.64. The molecule has 148 valence electrons. The van der Waals surface area contributed by atoms with Gasteiger partial charge in [0, 0.05) is 18.3 Å². The van der Waals surface area contributed by atoms with Crippen molar-refractivity contribution >= 4 is 27.6 Å².